The number of hydrogen-bond donors (Lipinski definition) is 0. The van der Waals surface area contributed by atoms with Crippen molar-refractivity contribution in [2.24, 2.45) is 0 Å². The second-order valence-electron chi connectivity index (χ2n) is 3.63. The molecular weight excluding hydrogens is 277 g/mol. The Morgan fingerprint density at radius 3 is 2.82 bits per heavy atom. The topological polar surface area (TPSA) is 30.0 Å². The minimum atomic E-state index is -0.0128. The molecule has 0 spiro atoms. The highest BCUT2D eigenvalue weighted by molar-refractivity contribution is 7.13. The van der Waals surface area contributed by atoms with Gasteiger partial charge in [-0.3, -0.25) is 9.78 Å². The second kappa shape index (κ2) is 5.17. The molecule has 0 aliphatic heterocycles. The van der Waals surface area contributed by atoms with Gasteiger partial charge in [0.15, 0.2) is 5.78 Å². The maximum Gasteiger partial charge on any atom is 0.178 e. The van der Waals surface area contributed by atoms with E-state index in [9.17, 15) is 4.79 Å². The number of pyridine rings is 1. The van der Waals surface area contributed by atoms with Gasteiger partial charge in [0.05, 0.1) is 14.9 Å². The Morgan fingerprint density at radius 1 is 1.47 bits per heavy atom. The fourth-order valence-corrected chi connectivity index (χ4v) is 2.84. The number of rotatable bonds is 3. The third-order valence-corrected chi connectivity index (χ3v) is 4.44. The van der Waals surface area contributed by atoms with Crippen molar-refractivity contribution in [3.63, 3.8) is 0 Å². The lowest BCUT2D eigenvalue weighted by molar-refractivity contribution is 0.0997. The van der Waals surface area contributed by atoms with Gasteiger partial charge < -0.3 is 0 Å². The quantitative estimate of drug-likeness (QED) is 0.792. The van der Waals surface area contributed by atoms with Crippen molar-refractivity contribution in [3.8, 4) is 0 Å². The van der Waals surface area contributed by atoms with Crippen molar-refractivity contribution in [2.45, 2.75) is 13.3 Å². The van der Waals surface area contributed by atoms with E-state index in [0.717, 1.165) is 11.1 Å². The summed E-state index contributed by atoms with van der Waals surface area (Å²) >= 11 is 13.4. The standard InChI is InChI=1S/C12H9Cl2NOS/c1-7-6-17-12(11(7)14)10(16)4-8-2-3-15-5-9(8)13/h2-3,5-6H,4H2,1H3. The molecule has 2 heterocycles. The first-order chi connectivity index (χ1) is 8.09. The molecule has 0 aliphatic carbocycles. The maximum absolute atomic E-state index is 12.0. The monoisotopic (exact) mass is 285 g/mol. The number of thiophene rings is 1. The van der Waals surface area contributed by atoms with Gasteiger partial charge >= 0.3 is 0 Å². The zero-order chi connectivity index (χ0) is 12.4. The van der Waals surface area contributed by atoms with E-state index < -0.39 is 0 Å². The van der Waals surface area contributed by atoms with Crippen LogP contribution < -0.4 is 0 Å². The van der Waals surface area contributed by atoms with E-state index in [2.05, 4.69) is 4.98 Å². The van der Waals surface area contributed by atoms with Gasteiger partial charge in [-0.2, -0.15) is 0 Å². The molecule has 17 heavy (non-hydrogen) atoms. The van der Waals surface area contributed by atoms with Crippen LogP contribution in [0.15, 0.2) is 23.8 Å². The molecule has 0 unspecified atom stereocenters. The van der Waals surface area contributed by atoms with Crippen LogP contribution in [-0.4, -0.2) is 10.8 Å². The lowest BCUT2D eigenvalue weighted by Gasteiger charge is -2.02. The fourth-order valence-electron chi connectivity index (χ4n) is 1.42. The van der Waals surface area contributed by atoms with Crippen LogP contribution in [0.5, 0.6) is 0 Å². The van der Waals surface area contributed by atoms with E-state index in [4.69, 9.17) is 23.2 Å². The molecule has 2 nitrogen and oxygen atoms in total. The van der Waals surface area contributed by atoms with Crippen molar-refractivity contribution in [1.82, 2.24) is 4.98 Å². The van der Waals surface area contributed by atoms with Gasteiger partial charge in [0.2, 0.25) is 0 Å². The fraction of sp³-hybridized carbons (Fsp3) is 0.167. The number of hydrogen-bond acceptors (Lipinski definition) is 3. The summed E-state index contributed by atoms with van der Waals surface area (Å²) in [5.41, 5.74) is 1.70. The summed E-state index contributed by atoms with van der Waals surface area (Å²) in [6.45, 7) is 1.88. The van der Waals surface area contributed by atoms with Crippen molar-refractivity contribution < 1.29 is 4.79 Å². The summed E-state index contributed by atoms with van der Waals surface area (Å²) in [5, 5.41) is 2.93. The van der Waals surface area contributed by atoms with E-state index >= 15 is 0 Å². The molecule has 0 saturated heterocycles. The van der Waals surface area contributed by atoms with Crippen molar-refractivity contribution in [3.05, 3.63) is 49.9 Å². The molecule has 0 aromatic carbocycles. The molecule has 88 valence electrons. The Hall–Kier alpha value is -0.900. The summed E-state index contributed by atoms with van der Waals surface area (Å²) in [6, 6.07) is 1.74. The lowest BCUT2D eigenvalue weighted by Crippen LogP contribution is -2.02. The molecular formula is C12H9Cl2NOS. The number of aryl methyl sites for hydroxylation is 1. The Kier molecular flexibility index (Phi) is 3.82. The van der Waals surface area contributed by atoms with Crippen LogP contribution in [0.25, 0.3) is 0 Å². The molecule has 5 heteroatoms. The number of aromatic nitrogens is 1. The SMILES string of the molecule is Cc1csc(C(=O)Cc2ccncc2Cl)c1Cl. The zero-order valence-corrected chi connectivity index (χ0v) is 11.4. The van der Waals surface area contributed by atoms with Crippen LogP contribution in [0.1, 0.15) is 20.8 Å². The lowest BCUT2D eigenvalue weighted by atomic mass is 10.1. The highest BCUT2D eigenvalue weighted by atomic mass is 35.5. The van der Waals surface area contributed by atoms with Gasteiger partial charge in [-0.15, -0.1) is 11.3 Å². The minimum absolute atomic E-state index is 0.0128. The second-order valence-corrected chi connectivity index (χ2v) is 5.29. The molecule has 2 rings (SSSR count). The Bertz CT molecular complexity index is 565. The molecule has 0 N–H and O–H groups in total. The number of carbonyl (C=O) groups is 1. The summed E-state index contributed by atoms with van der Waals surface area (Å²) in [5.74, 6) is -0.0128. The average molecular weight is 286 g/mol. The smallest absolute Gasteiger partial charge is 0.178 e. The number of Topliss-reactive ketones (excluding diaryl/α,β-unsaturated/α-hetero) is 1. The first-order valence-electron chi connectivity index (χ1n) is 4.94. The summed E-state index contributed by atoms with van der Waals surface area (Å²) in [4.78, 5) is 16.5. The molecule has 0 radical (unpaired) electrons. The molecule has 2 aromatic heterocycles. The van der Waals surface area contributed by atoms with Crippen LogP contribution >= 0.6 is 34.5 Å². The summed E-state index contributed by atoms with van der Waals surface area (Å²) < 4.78 is 0. The van der Waals surface area contributed by atoms with E-state index in [1.807, 2.05) is 12.3 Å². The highest BCUT2D eigenvalue weighted by Gasteiger charge is 2.16. The predicted octanol–water partition coefficient (Wildman–Crippen LogP) is 4.18. The third-order valence-electron chi connectivity index (χ3n) is 2.36. The van der Waals surface area contributed by atoms with Gasteiger partial charge in [-0.25, -0.2) is 0 Å². The Labute approximate surface area is 113 Å². The van der Waals surface area contributed by atoms with Crippen LogP contribution in [0, 0.1) is 6.92 Å². The van der Waals surface area contributed by atoms with Crippen LogP contribution in [0.2, 0.25) is 10.0 Å². The number of halogens is 2. The maximum atomic E-state index is 12.0. The molecule has 0 saturated carbocycles. The van der Waals surface area contributed by atoms with Gasteiger partial charge in [0.1, 0.15) is 0 Å². The van der Waals surface area contributed by atoms with E-state index in [1.54, 1.807) is 12.3 Å². The molecule has 0 atom stereocenters. The van der Waals surface area contributed by atoms with Crippen LogP contribution in [0.4, 0.5) is 0 Å². The van der Waals surface area contributed by atoms with Gasteiger partial charge in [0.25, 0.3) is 0 Å². The van der Waals surface area contributed by atoms with Gasteiger partial charge in [-0.1, -0.05) is 23.2 Å². The Morgan fingerprint density at radius 2 is 2.24 bits per heavy atom. The first kappa shape index (κ1) is 12.6. The molecule has 0 aliphatic rings. The van der Waals surface area contributed by atoms with E-state index in [0.29, 0.717) is 14.9 Å². The molecule has 2 aromatic rings. The Balaban J connectivity index is 2.23. The average Bonchev–Trinajstić information content (AvgIpc) is 2.63. The highest BCUT2D eigenvalue weighted by Crippen LogP contribution is 2.29. The minimum Gasteiger partial charge on any atom is -0.293 e. The van der Waals surface area contributed by atoms with Crippen molar-refractivity contribution in [1.29, 1.82) is 0 Å². The number of nitrogens with zero attached hydrogens (tertiary/aromatic N) is 1. The summed E-state index contributed by atoms with van der Waals surface area (Å²) in [7, 11) is 0. The third kappa shape index (κ3) is 2.68. The van der Waals surface area contributed by atoms with Crippen LogP contribution in [-0.2, 0) is 6.42 Å². The van der Waals surface area contributed by atoms with E-state index in [-0.39, 0.29) is 12.2 Å². The predicted molar refractivity (Wildman–Crippen MR) is 71.3 cm³/mol. The van der Waals surface area contributed by atoms with Gasteiger partial charge in [0, 0.05) is 18.8 Å². The van der Waals surface area contributed by atoms with Crippen LogP contribution in [0.3, 0.4) is 0 Å². The van der Waals surface area contributed by atoms with Crippen molar-refractivity contribution in [2.75, 3.05) is 0 Å². The number of carbonyl (C=O) groups excluding carboxylic acids is 1. The van der Waals surface area contributed by atoms with Gasteiger partial charge in [-0.05, 0) is 29.5 Å². The summed E-state index contributed by atoms with van der Waals surface area (Å²) in [6.07, 6.45) is 3.41. The molecule has 0 amide bonds. The zero-order valence-electron chi connectivity index (χ0n) is 9.04. The number of ketones is 1. The largest absolute Gasteiger partial charge is 0.293 e. The molecule has 0 bridgehead atoms. The van der Waals surface area contributed by atoms with Crippen molar-refractivity contribution >= 4 is 40.3 Å². The first-order valence-corrected chi connectivity index (χ1v) is 6.58. The molecule has 0 fully saturated rings. The van der Waals surface area contributed by atoms with E-state index in [1.165, 1.54) is 17.5 Å². The normalized spacial score (nSPS) is 10.5.